The fourth-order valence-corrected chi connectivity index (χ4v) is 1.47. The van der Waals surface area contributed by atoms with E-state index >= 15 is 0 Å². The van der Waals surface area contributed by atoms with Gasteiger partial charge < -0.3 is 5.32 Å². The minimum absolute atomic E-state index is 0.871. The smallest absolute Gasteiger partial charge is 0.00463 e. The predicted molar refractivity (Wildman–Crippen MR) is 54.3 cm³/mol. The van der Waals surface area contributed by atoms with E-state index in [2.05, 4.69) is 19.2 Å². The van der Waals surface area contributed by atoms with E-state index in [1.807, 2.05) is 0 Å². The lowest BCUT2D eigenvalue weighted by Crippen LogP contribution is -2.17. The van der Waals surface area contributed by atoms with Gasteiger partial charge in [0.25, 0.3) is 0 Å². The van der Waals surface area contributed by atoms with E-state index in [9.17, 15) is 0 Å². The summed E-state index contributed by atoms with van der Waals surface area (Å²) in [6.07, 6.45) is 7.13. The molecule has 1 nitrogen and oxygen atoms in total. The summed E-state index contributed by atoms with van der Waals surface area (Å²) in [4.78, 5) is 0. The second kappa shape index (κ2) is 5.58. The number of hydrogen-bond donors (Lipinski definition) is 1. The van der Waals surface area contributed by atoms with Crippen LogP contribution in [0.15, 0.2) is 0 Å². The van der Waals surface area contributed by atoms with Crippen LogP contribution in [0.3, 0.4) is 0 Å². The lowest BCUT2D eigenvalue weighted by Gasteiger charge is -2.05. The maximum atomic E-state index is 3.51. The van der Waals surface area contributed by atoms with E-state index in [4.69, 9.17) is 0 Å². The van der Waals surface area contributed by atoms with Gasteiger partial charge in [-0.3, -0.25) is 0 Å². The highest BCUT2D eigenvalue weighted by Gasteiger charge is 2.19. The van der Waals surface area contributed by atoms with Crippen LogP contribution < -0.4 is 5.32 Å². The molecule has 0 heterocycles. The van der Waals surface area contributed by atoms with Gasteiger partial charge in [0, 0.05) is 0 Å². The Morgan fingerprint density at radius 2 is 2.00 bits per heavy atom. The SMILES string of the molecule is CC(C)CCCNCCC1CC1. The van der Waals surface area contributed by atoms with Crippen molar-refractivity contribution in [2.24, 2.45) is 11.8 Å². The zero-order chi connectivity index (χ0) is 8.81. The predicted octanol–water partition coefficient (Wildman–Crippen LogP) is 2.81. The number of rotatable bonds is 7. The van der Waals surface area contributed by atoms with E-state index in [0.717, 1.165) is 11.8 Å². The number of hydrogen-bond acceptors (Lipinski definition) is 1. The van der Waals surface area contributed by atoms with Gasteiger partial charge in [-0.25, -0.2) is 0 Å². The highest BCUT2D eigenvalue weighted by Crippen LogP contribution is 2.31. The molecule has 0 saturated heterocycles. The van der Waals surface area contributed by atoms with Crippen LogP contribution in [-0.2, 0) is 0 Å². The molecule has 0 aromatic heterocycles. The third-order valence-electron chi connectivity index (χ3n) is 2.56. The summed E-state index contributed by atoms with van der Waals surface area (Å²) in [5, 5.41) is 3.51. The fourth-order valence-electron chi connectivity index (χ4n) is 1.47. The van der Waals surface area contributed by atoms with Gasteiger partial charge in [-0.1, -0.05) is 26.7 Å². The second-order valence-corrected chi connectivity index (χ2v) is 4.52. The van der Waals surface area contributed by atoms with Gasteiger partial charge in [-0.2, -0.15) is 0 Å². The summed E-state index contributed by atoms with van der Waals surface area (Å²) in [6, 6.07) is 0. The third kappa shape index (κ3) is 5.59. The molecule has 0 radical (unpaired) electrons. The summed E-state index contributed by atoms with van der Waals surface area (Å²) < 4.78 is 0. The van der Waals surface area contributed by atoms with Crippen LogP contribution in [-0.4, -0.2) is 13.1 Å². The van der Waals surface area contributed by atoms with Crippen molar-refractivity contribution in [2.75, 3.05) is 13.1 Å². The van der Waals surface area contributed by atoms with Crippen LogP contribution >= 0.6 is 0 Å². The van der Waals surface area contributed by atoms with Gasteiger partial charge in [0.05, 0.1) is 0 Å². The molecule has 0 atom stereocenters. The molecule has 0 aliphatic heterocycles. The Morgan fingerprint density at radius 3 is 2.58 bits per heavy atom. The molecule has 1 N–H and O–H groups in total. The van der Waals surface area contributed by atoms with Gasteiger partial charge in [-0.05, 0) is 44.2 Å². The first-order chi connectivity index (χ1) is 5.79. The number of nitrogens with one attached hydrogen (secondary N) is 1. The second-order valence-electron chi connectivity index (χ2n) is 4.52. The Bertz CT molecular complexity index is 99.6. The molecule has 1 aliphatic rings. The molecule has 0 spiro atoms. The molecule has 12 heavy (non-hydrogen) atoms. The summed E-state index contributed by atoms with van der Waals surface area (Å²) in [7, 11) is 0. The van der Waals surface area contributed by atoms with Crippen molar-refractivity contribution in [3.8, 4) is 0 Å². The molecule has 1 aliphatic carbocycles. The van der Waals surface area contributed by atoms with Crippen molar-refractivity contribution in [1.29, 1.82) is 0 Å². The maximum absolute atomic E-state index is 3.51. The Morgan fingerprint density at radius 1 is 1.25 bits per heavy atom. The van der Waals surface area contributed by atoms with Gasteiger partial charge in [-0.15, -0.1) is 0 Å². The van der Waals surface area contributed by atoms with Crippen LogP contribution in [0.1, 0.15) is 46.0 Å². The van der Waals surface area contributed by atoms with Gasteiger partial charge in [0.1, 0.15) is 0 Å². The first-order valence-corrected chi connectivity index (χ1v) is 5.49. The van der Waals surface area contributed by atoms with Crippen molar-refractivity contribution in [3.63, 3.8) is 0 Å². The molecule has 1 fully saturated rings. The Balaban J connectivity index is 1.70. The summed E-state index contributed by atoms with van der Waals surface area (Å²) >= 11 is 0. The van der Waals surface area contributed by atoms with Crippen molar-refractivity contribution in [3.05, 3.63) is 0 Å². The van der Waals surface area contributed by atoms with Crippen LogP contribution in [0.4, 0.5) is 0 Å². The Kier molecular flexibility index (Phi) is 4.67. The van der Waals surface area contributed by atoms with Crippen LogP contribution in [0.25, 0.3) is 0 Å². The van der Waals surface area contributed by atoms with E-state index in [-0.39, 0.29) is 0 Å². The summed E-state index contributed by atoms with van der Waals surface area (Å²) in [5.74, 6) is 1.96. The quantitative estimate of drug-likeness (QED) is 0.578. The maximum Gasteiger partial charge on any atom is -0.00463 e. The van der Waals surface area contributed by atoms with Crippen molar-refractivity contribution < 1.29 is 0 Å². The highest BCUT2D eigenvalue weighted by molar-refractivity contribution is 4.73. The Hall–Kier alpha value is -0.0400. The average molecular weight is 169 g/mol. The molecular weight excluding hydrogens is 146 g/mol. The standard InChI is InChI=1S/C11H23N/c1-10(2)4-3-8-12-9-7-11-5-6-11/h10-12H,3-9H2,1-2H3. The zero-order valence-electron chi connectivity index (χ0n) is 8.60. The van der Waals surface area contributed by atoms with E-state index in [1.165, 1.54) is 45.2 Å². The van der Waals surface area contributed by atoms with E-state index < -0.39 is 0 Å². The molecule has 0 aromatic rings. The van der Waals surface area contributed by atoms with Crippen LogP contribution in [0, 0.1) is 11.8 Å². The van der Waals surface area contributed by atoms with Gasteiger partial charge >= 0.3 is 0 Å². The monoisotopic (exact) mass is 169 g/mol. The molecule has 1 heteroatoms. The normalized spacial score (nSPS) is 17.2. The topological polar surface area (TPSA) is 12.0 Å². The molecule has 0 bridgehead atoms. The minimum Gasteiger partial charge on any atom is -0.317 e. The highest BCUT2D eigenvalue weighted by atomic mass is 14.8. The molecule has 72 valence electrons. The molecule has 0 aromatic carbocycles. The van der Waals surface area contributed by atoms with Crippen LogP contribution in [0.2, 0.25) is 0 Å². The fraction of sp³-hybridized carbons (Fsp3) is 1.00. The zero-order valence-corrected chi connectivity index (χ0v) is 8.60. The first-order valence-electron chi connectivity index (χ1n) is 5.49. The first kappa shape index (κ1) is 10.0. The van der Waals surface area contributed by atoms with Crippen LogP contribution in [0.5, 0.6) is 0 Å². The van der Waals surface area contributed by atoms with Crippen molar-refractivity contribution >= 4 is 0 Å². The van der Waals surface area contributed by atoms with Crippen molar-refractivity contribution in [2.45, 2.75) is 46.0 Å². The Labute approximate surface area is 76.9 Å². The lowest BCUT2D eigenvalue weighted by atomic mass is 10.1. The summed E-state index contributed by atoms with van der Waals surface area (Å²) in [5.41, 5.74) is 0. The van der Waals surface area contributed by atoms with E-state index in [1.54, 1.807) is 0 Å². The van der Waals surface area contributed by atoms with E-state index in [0.29, 0.717) is 0 Å². The summed E-state index contributed by atoms with van der Waals surface area (Å²) in [6.45, 7) is 7.07. The molecule has 1 saturated carbocycles. The largest absolute Gasteiger partial charge is 0.317 e. The van der Waals surface area contributed by atoms with Gasteiger partial charge in [0.2, 0.25) is 0 Å². The molecule has 0 amide bonds. The molecule has 1 rings (SSSR count). The van der Waals surface area contributed by atoms with Crippen molar-refractivity contribution in [1.82, 2.24) is 5.32 Å². The third-order valence-corrected chi connectivity index (χ3v) is 2.56. The molecule has 0 unspecified atom stereocenters. The average Bonchev–Trinajstić information content (AvgIpc) is 2.79. The molecular formula is C11H23N. The lowest BCUT2D eigenvalue weighted by molar-refractivity contribution is 0.518. The minimum atomic E-state index is 0.871. The van der Waals surface area contributed by atoms with Gasteiger partial charge in [0.15, 0.2) is 0 Å².